The van der Waals surface area contributed by atoms with Crippen LogP contribution >= 0.6 is 0 Å². The van der Waals surface area contributed by atoms with Gasteiger partial charge in [-0.1, -0.05) is 6.42 Å². The molecule has 3 heterocycles. The van der Waals surface area contributed by atoms with E-state index in [0.717, 1.165) is 32.1 Å². The van der Waals surface area contributed by atoms with Crippen molar-refractivity contribution in [1.29, 1.82) is 0 Å². The molecule has 1 spiro atoms. The van der Waals surface area contributed by atoms with Crippen LogP contribution in [0.1, 0.15) is 51.0 Å². The average molecular weight is 436 g/mol. The van der Waals surface area contributed by atoms with E-state index in [4.69, 9.17) is 0 Å². The van der Waals surface area contributed by atoms with Gasteiger partial charge in [-0.05, 0) is 50.0 Å². The Morgan fingerprint density at radius 2 is 1.93 bits per heavy atom. The summed E-state index contributed by atoms with van der Waals surface area (Å²) in [6, 6.07) is 1.25. The number of anilines is 1. The highest BCUT2D eigenvalue weighted by molar-refractivity contribution is 7.88. The zero-order valence-electron chi connectivity index (χ0n) is 17.0. The molecule has 1 N–H and O–H groups in total. The first-order chi connectivity index (χ1) is 14.3. The molecule has 0 radical (unpaired) electrons. The van der Waals surface area contributed by atoms with Crippen molar-refractivity contribution >= 4 is 27.0 Å². The largest absolute Gasteiger partial charge is 0.351 e. The minimum atomic E-state index is -3.18. The molecule has 10 heteroatoms. The molecule has 2 saturated carbocycles. The first-order valence-corrected chi connectivity index (χ1v) is 12.4. The molecule has 2 aliphatic carbocycles. The Kier molecular flexibility index (Phi) is 4.62. The average Bonchev–Trinajstić information content (AvgIpc) is 3.36. The van der Waals surface area contributed by atoms with Crippen LogP contribution in [-0.4, -0.2) is 52.6 Å². The first-order valence-electron chi connectivity index (χ1n) is 10.6. The molecule has 0 bridgehead atoms. The number of hydrogen-bond acceptors (Lipinski definition) is 6. The van der Waals surface area contributed by atoms with Gasteiger partial charge in [0.1, 0.15) is 5.65 Å². The van der Waals surface area contributed by atoms with Crippen molar-refractivity contribution in [3.63, 3.8) is 0 Å². The van der Waals surface area contributed by atoms with Gasteiger partial charge in [0.05, 0.1) is 6.26 Å². The topological polar surface area (TPSA) is 97.2 Å². The van der Waals surface area contributed by atoms with E-state index in [1.807, 2.05) is 0 Å². The van der Waals surface area contributed by atoms with Gasteiger partial charge in [0.25, 0.3) is 5.56 Å². The SMILES string of the molecule is CS(=O)(=O)N1CCC(Nc2ncc3cc(F)c(=O)n(C4CCCC45CC5)c3n2)CC1. The lowest BCUT2D eigenvalue weighted by Gasteiger charge is -2.30. The zero-order chi connectivity index (χ0) is 21.1. The second-order valence-electron chi connectivity index (χ2n) is 8.99. The molecular weight excluding hydrogens is 409 g/mol. The maximum Gasteiger partial charge on any atom is 0.288 e. The molecule has 2 aromatic heterocycles. The van der Waals surface area contributed by atoms with E-state index in [0.29, 0.717) is 42.9 Å². The molecule has 3 fully saturated rings. The van der Waals surface area contributed by atoms with Gasteiger partial charge < -0.3 is 5.32 Å². The Hall–Kier alpha value is -2.07. The monoisotopic (exact) mass is 435 g/mol. The van der Waals surface area contributed by atoms with Crippen molar-refractivity contribution in [3.8, 4) is 0 Å². The van der Waals surface area contributed by atoms with Gasteiger partial charge in [-0.3, -0.25) is 9.36 Å². The highest BCUT2D eigenvalue weighted by atomic mass is 32.2. The Balaban J connectivity index is 1.45. The molecular formula is C20H26FN5O3S. The van der Waals surface area contributed by atoms with Gasteiger partial charge in [-0.15, -0.1) is 0 Å². The standard InChI is InChI=1S/C20H26FN5O3S/c1-30(28,29)25-9-4-14(5-10-25)23-19-22-12-13-11-15(21)18(27)26(17(13)24-19)16-3-2-6-20(16)7-8-20/h11-12,14,16H,2-10H2,1H3,(H,22,23,24). The lowest BCUT2D eigenvalue weighted by molar-refractivity contribution is 0.331. The number of pyridine rings is 1. The van der Waals surface area contributed by atoms with E-state index in [2.05, 4.69) is 15.3 Å². The molecule has 5 rings (SSSR count). The fourth-order valence-corrected chi connectivity index (χ4v) is 6.10. The van der Waals surface area contributed by atoms with E-state index in [9.17, 15) is 17.6 Å². The molecule has 1 saturated heterocycles. The summed E-state index contributed by atoms with van der Waals surface area (Å²) in [4.78, 5) is 21.7. The lowest BCUT2D eigenvalue weighted by atomic mass is 10.00. The second-order valence-corrected chi connectivity index (χ2v) is 11.0. The van der Waals surface area contributed by atoms with Gasteiger partial charge in [0.15, 0.2) is 5.82 Å². The van der Waals surface area contributed by atoms with Crippen LogP contribution < -0.4 is 10.9 Å². The quantitative estimate of drug-likeness (QED) is 0.791. The van der Waals surface area contributed by atoms with Gasteiger partial charge >= 0.3 is 0 Å². The molecule has 1 atom stereocenters. The van der Waals surface area contributed by atoms with Crippen LogP contribution in [-0.2, 0) is 10.0 Å². The van der Waals surface area contributed by atoms with E-state index in [1.165, 1.54) is 16.6 Å². The van der Waals surface area contributed by atoms with E-state index in [1.54, 1.807) is 10.8 Å². The van der Waals surface area contributed by atoms with Crippen molar-refractivity contribution in [2.45, 2.75) is 57.0 Å². The fraction of sp³-hybridized carbons (Fsp3) is 0.650. The second kappa shape index (κ2) is 6.98. The number of hydrogen-bond donors (Lipinski definition) is 1. The zero-order valence-corrected chi connectivity index (χ0v) is 17.8. The van der Waals surface area contributed by atoms with Crippen LogP contribution in [0, 0.1) is 11.2 Å². The Labute approximate surface area is 174 Å². The van der Waals surface area contributed by atoms with Crippen LogP contribution in [0.3, 0.4) is 0 Å². The number of rotatable bonds is 4. The van der Waals surface area contributed by atoms with Crippen molar-refractivity contribution in [2.24, 2.45) is 5.41 Å². The molecule has 0 aromatic carbocycles. The number of fused-ring (bicyclic) bond motifs is 1. The lowest BCUT2D eigenvalue weighted by Crippen LogP contribution is -2.42. The van der Waals surface area contributed by atoms with Gasteiger partial charge in [-0.25, -0.2) is 22.1 Å². The molecule has 30 heavy (non-hydrogen) atoms. The normalized spacial score (nSPS) is 24.5. The third kappa shape index (κ3) is 3.39. The number of sulfonamides is 1. The summed E-state index contributed by atoms with van der Waals surface area (Å²) in [6.45, 7) is 0.898. The Morgan fingerprint density at radius 3 is 2.60 bits per heavy atom. The minimum absolute atomic E-state index is 0.0102. The summed E-state index contributed by atoms with van der Waals surface area (Å²) in [7, 11) is -3.18. The van der Waals surface area contributed by atoms with E-state index >= 15 is 0 Å². The summed E-state index contributed by atoms with van der Waals surface area (Å²) >= 11 is 0. The van der Waals surface area contributed by atoms with E-state index < -0.39 is 21.4 Å². The number of halogens is 1. The fourth-order valence-electron chi connectivity index (χ4n) is 5.23. The Morgan fingerprint density at radius 1 is 1.20 bits per heavy atom. The molecule has 1 aliphatic heterocycles. The maximum absolute atomic E-state index is 14.4. The summed E-state index contributed by atoms with van der Waals surface area (Å²) in [5, 5.41) is 3.80. The van der Waals surface area contributed by atoms with Gasteiger partial charge in [0.2, 0.25) is 16.0 Å². The molecule has 3 aliphatic rings. The van der Waals surface area contributed by atoms with Crippen LogP contribution in [0.2, 0.25) is 0 Å². The highest BCUT2D eigenvalue weighted by Crippen LogP contribution is 2.63. The highest BCUT2D eigenvalue weighted by Gasteiger charge is 2.53. The number of nitrogens with zero attached hydrogens (tertiary/aromatic N) is 4. The van der Waals surface area contributed by atoms with Crippen LogP contribution in [0.4, 0.5) is 10.3 Å². The predicted octanol–water partition coefficient (Wildman–Crippen LogP) is 2.27. The van der Waals surface area contributed by atoms with Crippen molar-refractivity contribution < 1.29 is 12.8 Å². The number of nitrogens with one attached hydrogen (secondary N) is 1. The van der Waals surface area contributed by atoms with Crippen molar-refractivity contribution in [1.82, 2.24) is 18.8 Å². The number of aromatic nitrogens is 3. The van der Waals surface area contributed by atoms with Crippen LogP contribution in [0.15, 0.2) is 17.1 Å². The first kappa shape index (κ1) is 19.9. The molecule has 162 valence electrons. The van der Waals surface area contributed by atoms with Crippen molar-refractivity contribution in [3.05, 3.63) is 28.4 Å². The number of piperidine rings is 1. The summed E-state index contributed by atoms with van der Waals surface area (Å²) in [5.41, 5.74) is -0.000825. The summed E-state index contributed by atoms with van der Waals surface area (Å²) in [6.07, 6.45) is 9.24. The Bertz CT molecular complexity index is 1150. The van der Waals surface area contributed by atoms with Gasteiger partial charge in [-0.2, -0.15) is 4.98 Å². The molecule has 2 aromatic rings. The van der Waals surface area contributed by atoms with Gasteiger partial charge in [0, 0.05) is 36.8 Å². The maximum atomic E-state index is 14.4. The predicted molar refractivity (Wildman–Crippen MR) is 111 cm³/mol. The smallest absolute Gasteiger partial charge is 0.288 e. The minimum Gasteiger partial charge on any atom is -0.351 e. The summed E-state index contributed by atoms with van der Waals surface area (Å²) in [5.74, 6) is -0.370. The van der Waals surface area contributed by atoms with Crippen LogP contribution in [0.25, 0.3) is 11.0 Å². The third-order valence-corrected chi connectivity index (χ3v) is 8.35. The summed E-state index contributed by atoms with van der Waals surface area (Å²) < 4.78 is 40.8. The third-order valence-electron chi connectivity index (χ3n) is 7.05. The van der Waals surface area contributed by atoms with Crippen LogP contribution in [0.5, 0.6) is 0 Å². The van der Waals surface area contributed by atoms with E-state index in [-0.39, 0.29) is 17.5 Å². The van der Waals surface area contributed by atoms with Crippen molar-refractivity contribution in [2.75, 3.05) is 24.7 Å². The molecule has 1 unspecified atom stereocenters. The molecule has 0 amide bonds. The molecule has 8 nitrogen and oxygen atoms in total.